The molecule has 0 aliphatic carbocycles. The molecule has 0 saturated carbocycles. The van der Waals surface area contributed by atoms with Crippen molar-refractivity contribution in [1.29, 1.82) is 0 Å². The SMILES string of the molecule is Cc1cccc(C2(C)CC(N)c3ccccc3O2)c1. The number of benzene rings is 2. The average Bonchev–Trinajstić information content (AvgIpc) is 2.38. The Kier molecular flexibility index (Phi) is 2.83. The van der Waals surface area contributed by atoms with Crippen LogP contribution in [0.2, 0.25) is 0 Å². The van der Waals surface area contributed by atoms with Gasteiger partial charge in [-0.3, -0.25) is 0 Å². The maximum atomic E-state index is 6.32. The fourth-order valence-electron chi connectivity index (χ4n) is 2.84. The minimum atomic E-state index is -0.347. The van der Waals surface area contributed by atoms with Gasteiger partial charge in [0.05, 0.1) is 0 Å². The lowest BCUT2D eigenvalue weighted by Crippen LogP contribution is -2.38. The molecule has 1 heterocycles. The molecule has 0 saturated heterocycles. The van der Waals surface area contributed by atoms with Crippen LogP contribution in [-0.4, -0.2) is 0 Å². The zero-order valence-corrected chi connectivity index (χ0v) is 11.4. The Morgan fingerprint density at radius 3 is 2.74 bits per heavy atom. The quantitative estimate of drug-likeness (QED) is 0.841. The van der Waals surface area contributed by atoms with Crippen LogP contribution >= 0.6 is 0 Å². The second-order valence-electron chi connectivity index (χ2n) is 5.55. The van der Waals surface area contributed by atoms with Crippen LogP contribution in [0.3, 0.4) is 0 Å². The van der Waals surface area contributed by atoms with Gasteiger partial charge >= 0.3 is 0 Å². The second-order valence-corrected chi connectivity index (χ2v) is 5.55. The van der Waals surface area contributed by atoms with Gasteiger partial charge in [-0.25, -0.2) is 0 Å². The van der Waals surface area contributed by atoms with E-state index in [2.05, 4.69) is 44.2 Å². The Hall–Kier alpha value is -1.80. The number of rotatable bonds is 1. The Bertz CT molecular complexity index is 608. The van der Waals surface area contributed by atoms with E-state index >= 15 is 0 Å². The van der Waals surface area contributed by atoms with Crippen LogP contribution in [0, 0.1) is 6.92 Å². The van der Waals surface area contributed by atoms with Crippen LogP contribution in [-0.2, 0) is 5.60 Å². The normalized spacial score (nSPS) is 25.5. The Morgan fingerprint density at radius 1 is 1.16 bits per heavy atom. The minimum absolute atomic E-state index is 0.0236. The molecule has 0 amide bonds. The largest absolute Gasteiger partial charge is 0.482 e. The van der Waals surface area contributed by atoms with Gasteiger partial charge in [0.25, 0.3) is 0 Å². The summed E-state index contributed by atoms with van der Waals surface area (Å²) >= 11 is 0. The zero-order chi connectivity index (χ0) is 13.5. The zero-order valence-electron chi connectivity index (χ0n) is 11.4. The van der Waals surface area contributed by atoms with E-state index in [0.29, 0.717) is 0 Å². The van der Waals surface area contributed by atoms with Gasteiger partial charge in [0.15, 0.2) is 0 Å². The first-order chi connectivity index (χ1) is 9.08. The van der Waals surface area contributed by atoms with Gasteiger partial charge in [-0.15, -0.1) is 0 Å². The fraction of sp³-hybridized carbons (Fsp3) is 0.294. The van der Waals surface area contributed by atoms with Crippen molar-refractivity contribution in [2.75, 3.05) is 0 Å². The lowest BCUT2D eigenvalue weighted by Gasteiger charge is -2.39. The minimum Gasteiger partial charge on any atom is -0.482 e. The summed E-state index contributed by atoms with van der Waals surface area (Å²) in [6, 6.07) is 16.6. The van der Waals surface area contributed by atoms with Crippen LogP contribution in [0.4, 0.5) is 0 Å². The van der Waals surface area contributed by atoms with E-state index in [9.17, 15) is 0 Å². The van der Waals surface area contributed by atoms with Gasteiger partial charge in [-0.2, -0.15) is 0 Å². The molecule has 2 aromatic carbocycles. The van der Waals surface area contributed by atoms with Gasteiger partial charge in [0, 0.05) is 18.0 Å². The highest BCUT2D eigenvalue weighted by molar-refractivity contribution is 5.41. The van der Waals surface area contributed by atoms with Crippen molar-refractivity contribution in [2.24, 2.45) is 5.73 Å². The molecule has 2 atom stereocenters. The van der Waals surface area contributed by atoms with Crippen molar-refractivity contribution in [3.05, 3.63) is 65.2 Å². The number of aryl methyl sites for hydroxylation is 1. The average molecular weight is 253 g/mol. The first kappa shape index (κ1) is 12.2. The lowest BCUT2D eigenvalue weighted by molar-refractivity contribution is 0.0511. The van der Waals surface area contributed by atoms with Gasteiger partial charge in [0.2, 0.25) is 0 Å². The molecule has 19 heavy (non-hydrogen) atoms. The summed E-state index contributed by atoms with van der Waals surface area (Å²) in [5.41, 5.74) is 9.51. The molecule has 0 radical (unpaired) electrons. The maximum Gasteiger partial charge on any atom is 0.133 e. The molecule has 2 heteroatoms. The van der Waals surface area contributed by atoms with Crippen LogP contribution < -0.4 is 10.5 Å². The first-order valence-electron chi connectivity index (χ1n) is 6.69. The van der Waals surface area contributed by atoms with Gasteiger partial charge < -0.3 is 10.5 Å². The van der Waals surface area contributed by atoms with Crippen molar-refractivity contribution in [3.63, 3.8) is 0 Å². The van der Waals surface area contributed by atoms with Crippen molar-refractivity contribution >= 4 is 0 Å². The van der Waals surface area contributed by atoms with Crippen molar-refractivity contribution in [3.8, 4) is 5.75 Å². The molecular weight excluding hydrogens is 234 g/mol. The molecule has 2 N–H and O–H groups in total. The van der Waals surface area contributed by atoms with E-state index in [-0.39, 0.29) is 11.6 Å². The Morgan fingerprint density at radius 2 is 1.95 bits per heavy atom. The first-order valence-corrected chi connectivity index (χ1v) is 6.69. The molecule has 0 spiro atoms. The molecule has 2 aromatic rings. The summed E-state index contributed by atoms with van der Waals surface area (Å²) in [5.74, 6) is 0.908. The molecule has 98 valence electrons. The topological polar surface area (TPSA) is 35.2 Å². The Balaban J connectivity index is 2.04. The van der Waals surface area contributed by atoms with E-state index in [1.807, 2.05) is 18.2 Å². The van der Waals surface area contributed by atoms with Crippen molar-refractivity contribution in [2.45, 2.75) is 31.9 Å². The Labute approximate surface area is 114 Å². The highest BCUT2D eigenvalue weighted by Gasteiger charge is 2.37. The van der Waals surface area contributed by atoms with Crippen molar-refractivity contribution in [1.82, 2.24) is 0 Å². The molecule has 1 aliphatic rings. The van der Waals surface area contributed by atoms with Gasteiger partial charge in [-0.05, 0) is 25.5 Å². The molecular formula is C17H19NO. The van der Waals surface area contributed by atoms with Crippen LogP contribution in [0.5, 0.6) is 5.75 Å². The second kappa shape index (κ2) is 4.39. The maximum absolute atomic E-state index is 6.32. The summed E-state index contributed by atoms with van der Waals surface area (Å²) < 4.78 is 6.25. The number of nitrogens with two attached hydrogens (primary N) is 1. The molecule has 2 nitrogen and oxygen atoms in total. The smallest absolute Gasteiger partial charge is 0.133 e. The number of hydrogen-bond acceptors (Lipinski definition) is 2. The third-order valence-corrected chi connectivity index (χ3v) is 3.89. The molecule has 3 rings (SSSR count). The van der Waals surface area contributed by atoms with Crippen LogP contribution in [0.1, 0.15) is 36.1 Å². The predicted molar refractivity (Wildman–Crippen MR) is 77.1 cm³/mol. The summed E-state index contributed by atoms with van der Waals surface area (Å²) in [4.78, 5) is 0. The van der Waals surface area contributed by atoms with Crippen molar-refractivity contribution < 1.29 is 4.74 Å². The third kappa shape index (κ3) is 2.13. The fourth-order valence-corrected chi connectivity index (χ4v) is 2.84. The van der Waals surface area contributed by atoms with Crippen LogP contribution in [0.15, 0.2) is 48.5 Å². The summed E-state index contributed by atoms with van der Waals surface area (Å²) in [5, 5.41) is 0. The summed E-state index contributed by atoms with van der Waals surface area (Å²) in [7, 11) is 0. The highest BCUT2D eigenvalue weighted by atomic mass is 16.5. The summed E-state index contributed by atoms with van der Waals surface area (Å²) in [6.07, 6.45) is 0.799. The van der Waals surface area contributed by atoms with E-state index in [0.717, 1.165) is 17.7 Å². The molecule has 2 unspecified atom stereocenters. The monoisotopic (exact) mass is 253 g/mol. The van der Waals surface area contributed by atoms with Gasteiger partial charge in [-0.1, -0.05) is 48.0 Å². The molecule has 0 fully saturated rings. The number of hydrogen-bond donors (Lipinski definition) is 1. The van der Waals surface area contributed by atoms with Gasteiger partial charge in [0.1, 0.15) is 11.4 Å². The lowest BCUT2D eigenvalue weighted by atomic mass is 9.83. The third-order valence-electron chi connectivity index (χ3n) is 3.89. The van der Waals surface area contributed by atoms with Crippen LogP contribution in [0.25, 0.3) is 0 Å². The predicted octanol–water partition coefficient (Wildman–Crippen LogP) is 3.69. The van der Waals surface area contributed by atoms with E-state index < -0.39 is 0 Å². The molecule has 0 bridgehead atoms. The summed E-state index contributed by atoms with van der Waals surface area (Å²) in [6.45, 7) is 4.22. The van der Waals surface area contributed by atoms with E-state index in [1.54, 1.807) is 0 Å². The number of para-hydroxylation sites is 1. The molecule has 0 aromatic heterocycles. The standard InChI is InChI=1S/C17H19NO/c1-12-6-5-7-13(10-12)17(2)11-15(18)14-8-3-4-9-16(14)19-17/h3-10,15H,11,18H2,1-2H3. The van der Waals surface area contributed by atoms with E-state index in [1.165, 1.54) is 11.1 Å². The number of ether oxygens (including phenoxy) is 1. The number of fused-ring (bicyclic) bond motifs is 1. The molecule has 1 aliphatic heterocycles. The highest BCUT2D eigenvalue weighted by Crippen LogP contribution is 2.43. The van der Waals surface area contributed by atoms with E-state index in [4.69, 9.17) is 10.5 Å².